The average molecular weight is 439 g/mol. The van der Waals surface area contributed by atoms with E-state index < -0.39 is 0 Å². The standard InChI is InChI=1S/C27H50O4/c1-4-7-10-13-15-18-24-30-27(31-25-19-16-14-11-8-5-2)22-20-21-26(28)29-23-17-12-9-6-3/h7-8,10-11,27H,4-6,9,12-25H2,1-3H3/b10-7-,11-8-. The van der Waals surface area contributed by atoms with Crippen molar-refractivity contribution in [1.29, 1.82) is 0 Å². The summed E-state index contributed by atoms with van der Waals surface area (Å²) in [6.45, 7) is 8.47. The van der Waals surface area contributed by atoms with E-state index in [2.05, 4.69) is 45.1 Å². The fourth-order valence-electron chi connectivity index (χ4n) is 3.14. The molecule has 0 saturated carbocycles. The third-order valence-electron chi connectivity index (χ3n) is 5.02. The SMILES string of the molecule is CC/C=C\CCCCOC(CCCC(=O)OCCCCCC)OCCCC/C=C\CC. The molecule has 0 radical (unpaired) electrons. The zero-order valence-electron chi connectivity index (χ0n) is 20.7. The van der Waals surface area contributed by atoms with Gasteiger partial charge in [-0.05, 0) is 70.6 Å². The van der Waals surface area contributed by atoms with Crippen molar-refractivity contribution in [3.8, 4) is 0 Å². The van der Waals surface area contributed by atoms with Gasteiger partial charge in [0.1, 0.15) is 0 Å². The van der Waals surface area contributed by atoms with Gasteiger partial charge in [-0.25, -0.2) is 0 Å². The largest absolute Gasteiger partial charge is 0.466 e. The van der Waals surface area contributed by atoms with Gasteiger partial charge in [0.2, 0.25) is 0 Å². The molecule has 0 N–H and O–H groups in total. The molecule has 31 heavy (non-hydrogen) atoms. The first kappa shape index (κ1) is 29.9. The Hall–Kier alpha value is -1.13. The van der Waals surface area contributed by atoms with Crippen molar-refractivity contribution >= 4 is 5.97 Å². The molecule has 0 aliphatic carbocycles. The third kappa shape index (κ3) is 23.4. The number of allylic oxidation sites excluding steroid dienone is 4. The molecule has 0 heterocycles. The molecular formula is C27H50O4. The minimum Gasteiger partial charge on any atom is -0.466 e. The first-order chi connectivity index (χ1) is 15.2. The normalized spacial score (nSPS) is 11.9. The van der Waals surface area contributed by atoms with E-state index in [0.717, 1.165) is 77.0 Å². The molecule has 0 rings (SSSR count). The third-order valence-corrected chi connectivity index (χ3v) is 5.02. The quantitative estimate of drug-likeness (QED) is 0.0703. The summed E-state index contributed by atoms with van der Waals surface area (Å²) in [4.78, 5) is 11.9. The lowest BCUT2D eigenvalue weighted by atomic mass is 10.2. The second-order valence-corrected chi connectivity index (χ2v) is 8.10. The van der Waals surface area contributed by atoms with Gasteiger partial charge in [-0.15, -0.1) is 0 Å². The highest BCUT2D eigenvalue weighted by Crippen LogP contribution is 2.11. The molecule has 0 unspecified atom stereocenters. The van der Waals surface area contributed by atoms with E-state index in [9.17, 15) is 4.79 Å². The fourth-order valence-corrected chi connectivity index (χ4v) is 3.14. The van der Waals surface area contributed by atoms with Gasteiger partial charge in [0, 0.05) is 19.6 Å². The van der Waals surface area contributed by atoms with E-state index in [0.29, 0.717) is 26.2 Å². The maximum atomic E-state index is 11.9. The zero-order chi connectivity index (χ0) is 22.8. The summed E-state index contributed by atoms with van der Waals surface area (Å²) >= 11 is 0. The first-order valence-corrected chi connectivity index (χ1v) is 12.9. The number of ether oxygens (including phenoxy) is 3. The Morgan fingerprint density at radius 3 is 1.81 bits per heavy atom. The van der Waals surface area contributed by atoms with Gasteiger partial charge in [0.05, 0.1) is 6.61 Å². The predicted molar refractivity (Wildman–Crippen MR) is 131 cm³/mol. The molecule has 0 aliphatic heterocycles. The predicted octanol–water partition coefficient (Wildman–Crippen LogP) is 7.91. The summed E-state index contributed by atoms with van der Waals surface area (Å²) in [5.41, 5.74) is 0. The number of rotatable bonds is 23. The van der Waals surface area contributed by atoms with E-state index in [4.69, 9.17) is 14.2 Å². The maximum absolute atomic E-state index is 11.9. The molecule has 0 bridgehead atoms. The number of unbranched alkanes of at least 4 members (excludes halogenated alkanes) is 7. The van der Waals surface area contributed by atoms with Crippen LogP contribution in [0.5, 0.6) is 0 Å². The Labute approximate surface area is 192 Å². The Kier molecular flexibility index (Phi) is 24.2. The molecule has 0 aromatic rings. The fraction of sp³-hybridized carbons (Fsp3) is 0.815. The van der Waals surface area contributed by atoms with E-state index in [1.165, 1.54) is 12.8 Å². The van der Waals surface area contributed by atoms with Gasteiger partial charge < -0.3 is 14.2 Å². The molecule has 0 atom stereocenters. The van der Waals surface area contributed by atoms with Crippen LogP contribution in [0.1, 0.15) is 117 Å². The molecule has 0 fully saturated rings. The lowest BCUT2D eigenvalue weighted by Gasteiger charge is -2.18. The number of hydrogen-bond donors (Lipinski definition) is 0. The lowest BCUT2D eigenvalue weighted by molar-refractivity contribution is -0.152. The van der Waals surface area contributed by atoms with Crippen LogP contribution in [0.25, 0.3) is 0 Å². The van der Waals surface area contributed by atoms with Crippen LogP contribution in [0.2, 0.25) is 0 Å². The summed E-state index contributed by atoms with van der Waals surface area (Å²) in [6, 6.07) is 0. The van der Waals surface area contributed by atoms with E-state index in [1.807, 2.05) is 0 Å². The molecule has 4 nitrogen and oxygen atoms in total. The van der Waals surface area contributed by atoms with Crippen LogP contribution in [-0.4, -0.2) is 32.1 Å². The van der Waals surface area contributed by atoms with Crippen LogP contribution in [0.15, 0.2) is 24.3 Å². The molecule has 182 valence electrons. The van der Waals surface area contributed by atoms with Crippen molar-refractivity contribution < 1.29 is 19.0 Å². The van der Waals surface area contributed by atoms with Crippen molar-refractivity contribution in [2.45, 2.75) is 123 Å². The number of carbonyl (C=O) groups is 1. The van der Waals surface area contributed by atoms with E-state index in [-0.39, 0.29) is 12.3 Å². The molecule has 0 spiro atoms. The smallest absolute Gasteiger partial charge is 0.305 e. The van der Waals surface area contributed by atoms with Crippen LogP contribution in [0.3, 0.4) is 0 Å². The summed E-state index contributed by atoms with van der Waals surface area (Å²) in [7, 11) is 0. The van der Waals surface area contributed by atoms with Crippen molar-refractivity contribution in [3.05, 3.63) is 24.3 Å². The Morgan fingerprint density at radius 2 is 1.26 bits per heavy atom. The van der Waals surface area contributed by atoms with E-state index in [1.54, 1.807) is 0 Å². The van der Waals surface area contributed by atoms with Gasteiger partial charge in [-0.2, -0.15) is 0 Å². The van der Waals surface area contributed by atoms with Crippen LogP contribution in [0, 0.1) is 0 Å². The van der Waals surface area contributed by atoms with Crippen LogP contribution in [-0.2, 0) is 19.0 Å². The highest BCUT2D eigenvalue weighted by atomic mass is 16.7. The average Bonchev–Trinajstić information content (AvgIpc) is 2.77. The van der Waals surface area contributed by atoms with Gasteiger partial charge in [-0.1, -0.05) is 64.3 Å². The summed E-state index contributed by atoms with van der Waals surface area (Å²) in [5.74, 6) is -0.0966. The Morgan fingerprint density at radius 1 is 0.677 bits per heavy atom. The van der Waals surface area contributed by atoms with Gasteiger partial charge in [-0.3, -0.25) is 4.79 Å². The van der Waals surface area contributed by atoms with Gasteiger partial charge in [0.25, 0.3) is 0 Å². The first-order valence-electron chi connectivity index (χ1n) is 12.9. The monoisotopic (exact) mass is 438 g/mol. The summed E-state index contributed by atoms with van der Waals surface area (Å²) < 4.78 is 17.3. The Bertz CT molecular complexity index is 407. The molecule has 0 saturated heterocycles. The molecule has 0 aromatic heterocycles. The molecule has 0 aromatic carbocycles. The van der Waals surface area contributed by atoms with Crippen LogP contribution in [0.4, 0.5) is 0 Å². The van der Waals surface area contributed by atoms with Crippen molar-refractivity contribution in [1.82, 2.24) is 0 Å². The second-order valence-electron chi connectivity index (χ2n) is 8.10. The maximum Gasteiger partial charge on any atom is 0.305 e. The van der Waals surface area contributed by atoms with Crippen molar-refractivity contribution in [2.75, 3.05) is 19.8 Å². The van der Waals surface area contributed by atoms with Gasteiger partial charge in [0.15, 0.2) is 6.29 Å². The Balaban J connectivity index is 4.04. The number of carbonyl (C=O) groups excluding carboxylic acids is 1. The van der Waals surface area contributed by atoms with Crippen LogP contribution >= 0.6 is 0 Å². The highest BCUT2D eigenvalue weighted by Gasteiger charge is 2.11. The topological polar surface area (TPSA) is 44.8 Å². The molecule has 4 heteroatoms. The lowest BCUT2D eigenvalue weighted by Crippen LogP contribution is -2.19. The van der Waals surface area contributed by atoms with Crippen molar-refractivity contribution in [2.24, 2.45) is 0 Å². The molecule has 0 aliphatic rings. The second kappa shape index (κ2) is 25.1. The minimum atomic E-state index is -0.213. The molecule has 0 amide bonds. The number of esters is 1. The zero-order valence-corrected chi connectivity index (χ0v) is 20.7. The summed E-state index contributed by atoms with van der Waals surface area (Å²) in [5, 5.41) is 0. The number of hydrogen-bond acceptors (Lipinski definition) is 4. The van der Waals surface area contributed by atoms with Crippen molar-refractivity contribution in [3.63, 3.8) is 0 Å². The summed E-state index contributed by atoms with van der Waals surface area (Å²) in [6.07, 6.45) is 23.9. The minimum absolute atomic E-state index is 0.0966. The highest BCUT2D eigenvalue weighted by molar-refractivity contribution is 5.69. The van der Waals surface area contributed by atoms with Crippen LogP contribution < -0.4 is 0 Å². The van der Waals surface area contributed by atoms with E-state index >= 15 is 0 Å². The van der Waals surface area contributed by atoms with Gasteiger partial charge >= 0.3 is 5.97 Å². The molecular weight excluding hydrogens is 388 g/mol.